The number of aliphatic hydroxyl groups is 1. The minimum atomic E-state index is -0.719. The van der Waals surface area contributed by atoms with Gasteiger partial charge in [0.1, 0.15) is 5.01 Å². The summed E-state index contributed by atoms with van der Waals surface area (Å²) in [6.07, 6.45) is 3.52. The quantitative estimate of drug-likeness (QED) is 0.421. The van der Waals surface area contributed by atoms with E-state index in [2.05, 4.69) is 15.6 Å². The van der Waals surface area contributed by atoms with Crippen LogP contribution in [-0.2, 0) is 6.42 Å². The largest absolute Gasteiger partial charge is 0.389 e. The maximum absolute atomic E-state index is 13.5. The molecule has 4 atom stereocenters. The van der Waals surface area contributed by atoms with E-state index in [1.165, 1.54) is 0 Å². The van der Waals surface area contributed by atoms with Gasteiger partial charge < -0.3 is 20.6 Å². The summed E-state index contributed by atoms with van der Waals surface area (Å²) in [4.78, 5) is 33.3. The lowest BCUT2D eigenvalue weighted by atomic mass is 9.95. The number of thiazole rings is 1. The van der Waals surface area contributed by atoms with Crippen molar-refractivity contribution in [2.24, 2.45) is 0 Å². The SMILES string of the molecule is Cc1csc([C@H]2CCCN2C(=O)c2cccc(C(=O)N[C@@H](Cc3ccccc3)[C@H](O)[C@@H]3CCCN3)c2)n1. The van der Waals surface area contributed by atoms with Crippen LogP contribution in [0.3, 0.4) is 0 Å². The summed E-state index contributed by atoms with van der Waals surface area (Å²) in [5.41, 5.74) is 2.92. The highest BCUT2D eigenvalue weighted by Gasteiger charge is 2.34. The van der Waals surface area contributed by atoms with E-state index in [1.807, 2.05) is 47.5 Å². The Bertz CT molecular complexity index is 1220. The predicted molar refractivity (Wildman–Crippen MR) is 145 cm³/mol. The molecular weight excluding hydrogens is 484 g/mol. The van der Waals surface area contributed by atoms with E-state index in [4.69, 9.17) is 0 Å². The van der Waals surface area contributed by atoms with Crippen LogP contribution < -0.4 is 10.6 Å². The van der Waals surface area contributed by atoms with Crippen LogP contribution in [0.5, 0.6) is 0 Å². The molecule has 2 fully saturated rings. The highest BCUT2D eigenvalue weighted by Crippen LogP contribution is 2.34. The first-order chi connectivity index (χ1) is 18.0. The monoisotopic (exact) mass is 518 g/mol. The van der Waals surface area contributed by atoms with E-state index in [0.717, 1.165) is 48.5 Å². The summed E-state index contributed by atoms with van der Waals surface area (Å²) in [6.45, 7) is 3.52. The molecular formula is C29H34N4O3S. The molecule has 3 N–H and O–H groups in total. The van der Waals surface area contributed by atoms with E-state index < -0.39 is 12.1 Å². The summed E-state index contributed by atoms with van der Waals surface area (Å²) in [5.74, 6) is -0.373. The van der Waals surface area contributed by atoms with Crippen molar-refractivity contribution in [1.29, 1.82) is 0 Å². The molecule has 1 aromatic heterocycles. The maximum atomic E-state index is 13.5. The number of rotatable bonds is 8. The Morgan fingerprint density at radius 1 is 1.14 bits per heavy atom. The minimum absolute atomic E-state index is 0.0204. The summed E-state index contributed by atoms with van der Waals surface area (Å²) in [5, 5.41) is 20.6. The van der Waals surface area contributed by atoms with E-state index in [1.54, 1.807) is 35.6 Å². The molecule has 0 bridgehead atoms. The number of nitrogens with one attached hydrogen (secondary N) is 2. The van der Waals surface area contributed by atoms with Gasteiger partial charge in [0.15, 0.2) is 0 Å². The van der Waals surface area contributed by atoms with Crippen LogP contribution in [0.25, 0.3) is 0 Å². The summed E-state index contributed by atoms with van der Waals surface area (Å²) in [6, 6.07) is 16.3. The number of nitrogens with zero attached hydrogens (tertiary/aromatic N) is 2. The van der Waals surface area contributed by atoms with Gasteiger partial charge in [0, 0.05) is 34.8 Å². The molecule has 0 saturated carbocycles. The molecule has 0 spiro atoms. The lowest BCUT2D eigenvalue weighted by Gasteiger charge is -2.29. The Hall–Kier alpha value is -3.07. The molecule has 0 unspecified atom stereocenters. The average Bonchev–Trinajstić information content (AvgIpc) is 3.70. The molecule has 2 aromatic carbocycles. The van der Waals surface area contributed by atoms with Gasteiger partial charge >= 0.3 is 0 Å². The van der Waals surface area contributed by atoms with Crippen LogP contribution in [0.2, 0.25) is 0 Å². The van der Waals surface area contributed by atoms with Crippen molar-refractivity contribution in [1.82, 2.24) is 20.5 Å². The first-order valence-electron chi connectivity index (χ1n) is 13.1. The number of aromatic nitrogens is 1. The Kier molecular flexibility index (Phi) is 7.98. The van der Waals surface area contributed by atoms with Crippen molar-refractivity contribution in [3.05, 3.63) is 87.4 Å². The molecule has 2 saturated heterocycles. The third-order valence-electron chi connectivity index (χ3n) is 7.35. The third-order valence-corrected chi connectivity index (χ3v) is 8.41. The van der Waals surface area contributed by atoms with Crippen molar-refractivity contribution in [3.63, 3.8) is 0 Å². The smallest absolute Gasteiger partial charge is 0.254 e. The number of hydrogen-bond donors (Lipinski definition) is 3. The second-order valence-electron chi connectivity index (χ2n) is 10.0. The zero-order chi connectivity index (χ0) is 25.8. The van der Waals surface area contributed by atoms with Gasteiger partial charge in [-0.05, 0) is 69.3 Å². The first-order valence-corrected chi connectivity index (χ1v) is 14.0. The maximum Gasteiger partial charge on any atom is 0.254 e. The highest BCUT2D eigenvalue weighted by molar-refractivity contribution is 7.09. The van der Waals surface area contributed by atoms with Gasteiger partial charge in [-0.3, -0.25) is 9.59 Å². The molecule has 5 rings (SSSR count). The lowest BCUT2D eigenvalue weighted by molar-refractivity contribution is 0.0733. The number of aliphatic hydroxyl groups excluding tert-OH is 1. The van der Waals surface area contributed by atoms with Gasteiger partial charge in [-0.1, -0.05) is 36.4 Å². The van der Waals surface area contributed by atoms with Crippen LogP contribution in [0, 0.1) is 6.92 Å². The average molecular weight is 519 g/mol. The number of likely N-dealkylation sites (tertiary alicyclic amines) is 1. The topological polar surface area (TPSA) is 94.6 Å². The standard InChI is InChI=1S/C29H34N4O3S/c1-19-18-37-28(31-19)25-13-7-15-33(25)29(36)22-11-5-10-21(17-22)27(35)32-24(16-20-8-3-2-4-9-20)26(34)23-12-6-14-30-23/h2-5,8-11,17-18,23-26,30,34H,6-7,12-16H2,1H3,(H,32,35)/t23-,24-,25+,26+/m0/s1. The lowest BCUT2D eigenvalue weighted by Crippen LogP contribution is -2.52. The van der Waals surface area contributed by atoms with Crippen LogP contribution in [0.4, 0.5) is 0 Å². The van der Waals surface area contributed by atoms with Gasteiger partial charge in [-0.15, -0.1) is 11.3 Å². The second kappa shape index (κ2) is 11.5. The van der Waals surface area contributed by atoms with Crippen molar-refractivity contribution in [2.75, 3.05) is 13.1 Å². The second-order valence-corrected chi connectivity index (χ2v) is 10.9. The van der Waals surface area contributed by atoms with Crippen molar-refractivity contribution < 1.29 is 14.7 Å². The van der Waals surface area contributed by atoms with Gasteiger partial charge in [-0.2, -0.15) is 0 Å². The normalized spacial score (nSPS) is 21.1. The summed E-state index contributed by atoms with van der Waals surface area (Å²) >= 11 is 1.59. The third kappa shape index (κ3) is 5.92. The summed E-state index contributed by atoms with van der Waals surface area (Å²) in [7, 11) is 0. The molecule has 8 heteroatoms. The van der Waals surface area contributed by atoms with Crippen molar-refractivity contribution in [2.45, 2.75) is 63.3 Å². The van der Waals surface area contributed by atoms with E-state index in [9.17, 15) is 14.7 Å². The Balaban J connectivity index is 1.32. The summed E-state index contributed by atoms with van der Waals surface area (Å²) < 4.78 is 0. The first kappa shape index (κ1) is 25.6. The van der Waals surface area contributed by atoms with Gasteiger partial charge in [-0.25, -0.2) is 4.98 Å². The molecule has 3 aromatic rings. The molecule has 7 nitrogen and oxygen atoms in total. The van der Waals surface area contributed by atoms with E-state index in [0.29, 0.717) is 24.1 Å². The van der Waals surface area contributed by atoms with Crippen molar-refractivity contribution in [3.8, 4) is 0 Å². The van der Waals surface area contributed by atoms with Gasteiger partial charge in [0.05, 0.1) is 18.2 Å². The molecule has 2 aliphatic rings. The number of hydrogen-bond acceptors (Lipinski definition) is 6. The fraction of sp³-hybridized carbons (Fsp3) is 0.414. The number of aryl methyl sites for hydroxylation is 1. The van der Waals surface area contributed by atoms with Gasteiger partial charge in [0.2, 0.25) is 0 Å². The van der Waals surface area contributed by atoms with Crippen molar-refractivity contribution >= 4 is 23.2 Å². The number of carbonyl (C=O) groups excluding carboxylic acids is 2. The van der Waals surface area contributed by atoms with Crippen LogP contribution in [0.1, 0.15) is 68.7 Å². The predicted octanol–water partition coefficient (Wildman–Crippen LogP) is 3.88. The fourth-order valence-corrected chi connectivity index (χ4v) is 6.35. The fourth-order valence-electron chi connectivity index (χ4n) is 5.41. The Morgan fingerprint density at radius 3 is 2.68 bits per heavy atom. The molecule has 2 amide bonds. The highest BCUT2D eigenvalue weighted by atomic mass is 32.1. The Morgan fingerprint density at radius 2 is 1.95 bits per heavy atom. The zero-order valence-corrected chi connectivity index (χ0v) is 21.9. The van der Waals surface area contributed by atoms with Gasteiger partial charge in [0.25, 0.3) is 11.8 Å². The van der Waals surface area contributed by atoms with E-state index >= 15 is 0 Å². The van der Waals surface area contributed by atoms with E-state index in [-0.39, 0.29) is 23.9 Å². The number of amides is 2. The number of carbonyl (C=O) groups is 2. The Labute approximate surface area is 221 Å². The molecule has 0 radical (unpaired) electrons. The molecule has 0 aliphatic carbocycles. The molecule has 37 heavy (non-hydrogen) atoms. The minimum Gasteiger partial charge on any atom is -0.389 e. The van der Waals surface area contributed by atoms with Crippen LogP contribution in [-0.4, -0.2) is 58.1 Å². The van der Waals surface area contributed by atoms with Crippen LogP contribution >= 0.6 is 11.3 Å². The number of benzene rings is 2. The zero-order valence-electron chi connectivity index (χ0n) is 21.1. The van der Waals surface area contributed by atoms with Crippen LogP contribution in [0.15, 0.2) is 60.0 Å². The molecule has 194 valence electrons. The molecule has 2 aliphatic heterocycles. The molecule has 3 heterocycles.